The van der Waals surface area contributed by atoms with Gasteiger partial charge in [-0.25, -0.2) is 9.67 Å². The lowest BCUT2D eigenvalue weighted by Crippen LogP contribution is -2.38. The quantitative estimate of drug-likeness (QED) is 0.646. The van der Waals surface area contributed by atoms with Gasteiger partial charge in [-0.3, -0.25) is 0 Å². The van der Waals surface area contributed by atoms with Gasteiger partial charge in [-0.05, 0) is 31.0 Å². The van der Waals surface area contributed by atoms with Crippen molar-refractivity contribution in [1.82, 2.24) is 15.1 Å². The summed E-state index contributed by atoms with van der Waals surface area (Å²) in [6, 6.07) is 10.3. The van der Waals surface area contributed by atoms with Gasteiger partial charge in [0.05, 0.1) is 12.2 Å². The molecule has 1 aromatic carbocycles. The predicted molar refractivity (Wildman–Crippen MR) is 81.8 cm³/mol. The summed E-state index contributed by atoms with van der Waals surface area (Å²) in [7, 11) is 0. The van der Waals surface area contributed by atoms with Gasteiger partial charge in [0.15, 0.2) is 5.96 Å². The van der Waals surface area contributed by atoms with E-state index in [2.05, 4.69) is 29.3 Å². The Balaban J connectivity index is 2.12. The summed E-state index contributed by atoms with van der Waals surface area (Å²) < 4.78 is 1.84. The molecule has 0 aliphatic heterocycles. The van der Waals surface area contributed by atoms with Gasteiger partial charge >= 0.3 is 0 Å². The van der Waals surface area contributed by atoms with Gasteiger partial charge in [0.25, 0.3) is 0 Å². The van der Waals surface area contributed by atoms with Crippen LogP contribution in [0, 0.1) is 0 Å². The van der Waals surface area contributed by atoms with E-state index < -0.39 is 0 Å². The number of guanidine groups is 1. The monoisotopic (exact) mass is 271 g/mol. The topological polar surface area (TPSA) is 68.2 Å². The van der Waals surface area contributed by atoms with Gasteiger partial charge in [-0.1, -0.05) is 25.1 Å². The maximum atomic E-state index is 5.88. The molecule has 3 N–H and O–H groups in total. The van der Waals surface area contributed by atoms with Crippen molar-refractivity contribution in [1.29, 1.82) is 0 Å². The van der Waals surface area contributed by atoms with Crippen LogP contribution in [-0.4, -0.2) is 21.8 Å². The fourth-order valence-corrected chi connectivity index (χ4v) is 1.85. The van der Waals surface area contributed by atoms with E-state index in [1.807, 2.05) is 41.2 Å². The highest BCUT2D eigenvalue weighted by Crippen LogP contribution is 2.14. The smallest absolute Gasteiger partial charge is 0.189 e. The largest absolute Gasteiger partial charge is 0.370 e. The third-order valence-corrected chi connectivity index (χ3v) is 3.17. The number of nitrogens with zero attached hydrogens (tertiary/aromatic N) is 3. The molecule has 0 bridgehead atoms. The molecule has 0 fully saturated rings. The molecule has 0 spiro atoms. The molecule has 2 aromatic rings. The second-order valence-corrected chi connectivity index (χ2v) is 4.73. The van der Waals surface area contributed by atoms with Crippen molar-refractivity contribution < 1.29 is 0 Å². The van der Waals surface area contributed by atoms with E-state index in [1.165, 1.54) is 0 Å². The Kier molecular flexibility index (Phi) is 4.76. The molecule has 5 heteroatoms. The molecule has 1 unspecified atom stereocenters. The van der Waals surface area contributed by atoms with E-state index in [9.17, 15) is 0 Å². The Morgan fingerprint density at radius 3 is 2.90 bits per heavy atom. The van der Waals surface area contributed by atoms with E-state index in [4.69, 9.17) is 5.73 Å². The molecule has 0 aliphatic rings. The second-order valence-electron chi connectivity index (χ2n) is 4.73. The number of nitrogens with one attached hydrogen (secondary N) is 1. The third kappa shape index (κ3) is 3.60. The predicted octanol–water partition coefficient (Wildman–Crippen LogP) is 2.08. The molecule has 1 heterocycles. The lowest BCUT2D eigenvalue weighted by Gasteiger charge is -2.12. The molecule has 1 atom stereocenters. The zero-order valence-electron chi connectivity index (χ0n) is 12.0. The zero-order chi connectivity index (χ0) is 14.4. The molecule has 0 saturated heterocycles. The van der Waals surface area contributed by atoms with Crippen LogP contribution in [0.25, 0.3) is 5.69 Å². The number of benzene rings is 1. The number of aromatic nitrogens is 2. The molecule has 0 saturated carbocycles. The normalized spacial score (nSPS) is 13.2. The second kappa shape index (κ2) is 6.75. The van der Waals surface area contributed by atoms with Crippen molar-refractivity contribution in [2.24, 2.45) is 10.7 Å². The standard InChI is InChI=1S/C15H21N5/c1-3-12(2)19-15(16)17-11-13-7-4-5-8-14(13)20-10-6-9-18-20/h4-10,12H,3,11H2,1-2H3,(H3,16,17,19). The van der Waals surface area contributed by atoms with Gasteiger partial charge in [0.2, 0.25) is 0 Å². The first-order valence-corrected chi connectivity index (χ1v) is 6.85. The molecule has 1 aromatic heterocycles. The van der Waals surface area contributed by atoms with Crippen LogP contribution in [0.3, 0.4) is 0 Å². The molecule has 5 nitrogen and oxygen atoms in total. The summed E-state index contributed by atoms with van der Waals surface area (Å²) in [4.78, 5) is 4.40. The van der Waals surface area contributed by atoms with Crippen molar-refractivity contribution in [3.8, 4) is 5.69 Å². The average Bonchev–Trinajstić information content (AvgIpc) is 2.99. The molecule has 0 radical (unpaired) electrons. The van der Waals surface area contributed by atoms with Crippen molar-refractivity contribution >= 4 is 5.96 Å². The number of nitrogens with two attached hydrogens (primary N) is 1. The maximum Gasteiger partial charge on any atom is 0.189 e. The average molecular weight is 271 g/mol. The lowest BCUT2D eigenvalue weighted by molar-refractivity contribution is 0.636. The van der Waals surface area contributed by atoms with Crippen LogP contribution in [0.15, 0.2) is 47.7 Å². The Morgan fingerprint density at radius 1 is 1.40 bits per heavy atom. The van der Waals surface area contributed by atoms with Gasteiger partial charge in [0, 0.05) is 18.4 Å². The van der Waals surface area contributed by atoms with Crippen LogP contribution >= 0.6 is 0 Å². The highest BCUT2D eigenvalue weighted by Gasteiger charge is 2.04. The van der Waals surface area contributed by atoms with E-state index in [-0.39, 0.29) is 0 Å². The summed E-state index contributed by atoms with van der Waals surface area (Å²) in [6.07, 6.45) is 4.70. The van der Waals surface area contributed by atoms with Crippen LogP contribution in [0.5, 0.6) is 0 Å². The van der Waals surface area contributed by atoms with Gasteiger partial charge < -0.3 is 11.1 Å². The van der Waals surface area contributed by atoms with Crippen molar-refractivity contribution in [3.05, 3.63) is 48.3 Å². The fourth-order valence-electron chi connectivity index (χ4n) is 1.85. The number of para-hydroxylation sites is 1. The number of rotatable bonds is 5. The molecule has 106 valence electrons. The minimum absolute atomic E-state index is 0.333. The highest BCUT2D eigenvalue weighted by molar-refractivity contribution is 5.78. The van der Waals surface area contributed by atoms with Crippen LogP contribution in [0.1, 0.15) is 25.8 Å². The van der Waals surface area contributed by atoms with E-state index in [0.717, 1.165) is 17.7 Å². The van der Waals surface area contributed by atoms with E-state index in [0.29, 0.717) is 18.5 Å². The molecular formula is C15H21N5. The Hall–Kier alpha value is -2.30. The maximum absolute atomic E-state index is 5.88. The zero-order valence-corrected chi connectivity index (χ0v) is 12.0. The summed E-state index contributed by atoms with van der Waals surface area (Å²) in [6.45, 7) is 4.73. The van der Waals surface area contributed by atoms with Gasteiger partial charge in [0.1, 0.15) is 0 Å². The first-order valence-electron chi connectivity index (χ1n) is 6.85. The molecule has 20 heavy (non-hydrogen) atoms. The minimum Gasteiger partial charge on any atom is -0.370 e. The van der Waals surface area contributed by atoms with Crippen LogP contribution in [-0.2, 0) is 6.54 Å². The number of aliphatic imine (C=N–C) groups is 1. The first kappa shape index (κ1) is 14.1. The van der Waals surface area contributed by atoms with Gasteiger partial charge in [-0.15, -0.1) is 0 Å². The van der Waals surface area contributed by atoms with Crippen LogP contribution in [0.2, 0.25) is 0 Å². The Labute approximate surface area is 119 Å². The summed E-state index contributed by atoms with van der Waals surface area (Å²) in [5, 5.41) is 7.42. The van der Waals surface area contributed by atoms with E-state index in [1.54, 1.807) is 6.20 Å². The minimum atomic E-state index is 0.333. The third-order valence-electron chi connectivity index (χ3n) is 3.17. The van der Waals surface area contributed by atoms with Crippen LogP contribution in [0.4, 0.5) is 0 Å². The fraction of sp³-hybridized carbons (Fsp3) is 0.333. The summed E-state index contributed by atoms with van der Waals surface area (Å²) in [5.41, 5.74) is 8.00. The Bertz CT molecular complexity index is 559. The number of hydrogen-bond donors (Lipinski definition) is 2. The highest BCUT2D eigenvalue weighted by atomic mass is 15.3. The molecule has 2 rings (SSSR count). The summed E-state index contributed by atoms with van der Waals surface area (Å²) in [5.74, 6) is 0.481. The van der Waals surface area contributed by atoms with Crippen molar-refractivity contribution in [2.75, 3.05) is 0 Å². The Morgan fingerprint density at radius 2 is 2.20 bits per heavy atom. The molecule has 0 amide bonds. The summed E-state index contributed by atoms with van der Waals surface area (Å²) >= 11 is 0. The lowest BCUT2D eigenvalue weighted by atomic mass is 10.2. The van der Waals surface area contributed by atoms with Crippen molar-refractivity contribution in [2.45, 2.75) is 32.9 Å². The molecule has 0 aliphatic carbocycles. The molecular weight excluding hydrogens is 250 g/mol. The van der Waals surface area contributed by atoms with Gasteiger partial charge in [-0.2, -0.15) is 5.10 Å². The number of hydrogen-bond acceptors (Lipinski definition) is 2. The van der Waals surface area contributed by atoms with E-state index >= 15 is 0 Å². The first-order chi connectivity index (χ1) is 9.70. The SMILES string of the molecule is CCC(C)NC(N)=NCc1ccccc1-n1cccn1. The van der Waals surface area contributed by atoms with Crippen molar-refractivity contribution in [3.63, 3.8) is 0 Å². The van der Waals surface area contributed by atoms with Crippen LogP contribution < -0.4 is 11.1 Å².